The lowest BCUT2D eigenvalue weighted by Gasteiger charge is -2.31. The van der Waals surface area contributed by atoms with Gasteiger partial charge in [0.05, 0.1) is 0 Å². The number of aliphatic imine (C=N–C) groups is 1. The predicted molar refractivity (Wildman–Crippen MR) is 92.3 cm³/mol. The number of rotatable bonds is 4. The summed E-state index contributed by atoms with van der Waals surface area (Å²) in [6.07, 6.45) is 8.39. The van der Waals surface area contributed by atoms with E-state index in [0.717, 1.165) is 12.8 Å². The van der Waals surface area contributed by atoms with Crippen molar-refractivity contribution < 1.29 is 4.79 Å². The second-order valence-corrected chi connectivity index (χ2v) is 5.81. The van der Waals surface area contributed by atoms with Crippen molar-refractivity contribution in [2.24, 2.45) is 10.7 Å². The van der Waals surface area contributed by atoms with Crippen LogP contribution in [-0.4, -0.2) is 54.4 Å². The smallest absolute Gasteiger partial charge is 0.244 e. The van der Waals surface area contributed by atoms with Crippen LogP contribution in [0.4, 0.5) is 0 Å². The summed E-state index contributed by atoms with van der Waals surface area (Å²) < 4.78 is 0. The number of likely N-dealkylation sites (N-methyl/N-ethyl adjacent to an activating group) is 1. The molecule has 0 aromatic rings. The second kappa shape index (κ2) is 8.05. The Hall–Kier alpha value is -0.530. The summed E-state index contributed by atoms with van der Waals surface area (Å²) in [5.41, 5.74) is 5.89. The lowest BCUT2D eigenvalue weighted by atomic mass is 9.94. The van der Waals surface area contributed by atoms with Crippen LogP contribution in [0.15, 0.2) is 4.99 Å². The molecule has 6 heteroatoms. The van der Waals surface area contributed by atoms with E-state index in [9.17, 15) is 4.79 Å². The first-order chi connectivity index (χ1) is 9.09. The molecule has 0 unspecified atom stereocenters. The maximum absolute atomic E-state index is 12.1. The van der Waals surface area contributed by atoms with Crippen molar-refractivity contribution in [1.82, 2.24) is 9.80 Å². The van der Waals surface area contributed by atoms with Crippen LogP contribution < -0.4 is 5.73 Å². The first-order valence-corrected chi connectivity index (χ1v) is 7.38. The van der Waals surface area contributed by atoms with Gasteiger partial charge in [0.2, 0.25) is 5.91 Å². The van der Waals surface area contributed by atoms with Gasteiger partial charge in [-0.15, -0.1) is 24.0 Å². The molecule has 0 saturated heterocycles. The third-order valence-electron chi connectivity index (χ3n) is 4.35. The lowest BCUT2D eigenvalue weighted by molar-refractivity contribution is -0.130. The minimum Gasteiger partial charge on any atom is -0.370 e. The Balaban J connectivity index is 0.00000200. The monoisotopic (exact) mass is 394 g/mol. The fourth-order valence-electron chi connectivity index (χ4n) is 2.69. The van der Waals surface area contributed by atoms with Gasteiger partial charge in [0, 0.05) is 26.2 Å². The van der Waals surface area contributed by atoms with E-state index < -0.39 is 0 Å². The third kappa shape index (κ3) is 4.79. The Bertz CT molecular complexity index is 351. The number of guanidine groups is 1. The minimum atomic E-state index is 0. The number of halogens is 1. The first-order valence-electron chi connectivity index (χ1n) is 7.38. The summed E-state index contributed by atoms with van der Waals surface area (Å²) >= 11 is 0. The molecule has 2 aliphatic carbocycles. The molecule has 1 amide bonds. The van der Waals surface area contributed by atoms with Crippen LogP contribution in [0.5, 0.6) is 0 Å². The van der Waals surface area contributed by atoms with Crippen molar-refractivity contribution >= 4 is 35.8 Å². The van der Waals surface area contributed by atoms with Crippen LogP contribution in [-0.2, 0) is 4.79 Å². The molecule has 2 aliphatic rings. The van der Waals surface area contributed by atoms with Crippen molar-refractivity contribution in [3.8, 4) is 0 Å². The Labute approximate surface area is 139 Å². The molecule has 0 spiro atoms. The van der Waals surface area contributed by atoms with Gasteiger partial charge >= 0.3 is 0 Å². The van der Waals surface area contributed by atoms with E-state index >= 15 is 0 Å². The van der Waals surface area contributed by atoms with Crippen LogP contribution in [0.1, 0.15) is 44.9 Å². The normalized spacial score (nSPS) is 20.2. The Morgan fingerprint density at radius 1 is 1.05 bits per heavy atom. The molecule has 2 saturated carbocycles. The fraction of sp³-hybridized carbons (Fsp3) is 0.857. The minimum absolute atomic E-state index is 0. The Morgan fingerprint density at radius 2 is 1.60 bits per heavy atom. The fourth-order valence-corrected chi connectivity index (χ4v) is 2.69. The van der Waals surface area contributed by atoms with Gasteiger partial charge in [0.25, 0.3) is 0 Å². The summed E-state index contributed by atoms with van der Waals surface area (Å²) in [5.74, 6) is 0.576. The highest BCUT2D eigenvalue weighted by Crippen LogP contribution is 2.25. The number of hydrogen-bond acceptors (Lipinski definition) is 2. The van der Waals surface area contributed by atoms with Crippen molar-refractivity contribution in [3.05, 3.63) is 0 Å². The molecule has 116 valence electrons. The summed E-state index contributed by atoms with van der Waals surface area (Å²) in [5, 5.41) is 0. The van der Waals surface area contributed by atoms with Crippen molar-refractivity contribution in [2.45, 2.75) is 57.0 Å². The molecule has 2 N–H and O–H groups in total. The van der Waals surface area contributed by atoms with Gasteiger partial charge in [-0.2, -0.15) is 0 Å². The van der Waals surface area contributed by atoms with Gasteiger partial charge in [-0.1, -0.05) is 19.3 Å². The molecule has 0 aromatic carbocycles. The highest BCUT2D eigenvalue weighted by Gasteiger charge is 2.27. The highest BCUT2D eigenvalue weighted by molar-refractivity contribution is 14.0. The molecule has 0 aromatic heterocycles. The van der Waals surface area contributed by atoms with Crippen LogP contribution in [0, 0.1) is 0 Å². The molecule has 20 heavy (non-hydrogen) atoms. The number of carbonyl (C=O) groups is 1. The maximum atomic E-state index is 12.1. The van der Waals surface area contributed by atoms with E-state index in [0.29, 0.717) is 18.0 Å². The number of nitrogens with two attached hydrogens (primary N) is 1. The molecule has 2 rings (SSSR count). The molecule has 0 radical (unpaired) electrons. The molecule has 0 aliphatic heterocycles. The van der Waals surface area contributed by atoms with E-state index in [1.165, 1.54) is 32.1 Å². The summed E-state index contributed by atoms with van der Waals surface area (Å²) in [4.78, 5) is 20.2. The van der Waals surface area contributed by atoms with Crippen molar-refractivity contribution in [1.29, 1.82) is 0 Å². The molecule has 0 heterocycles. The molecule has 0 bridgehead atoms. The standard InChI is InChI=1S/C14H26N4O.HI/c1-17(11-6-4-3-5-7-11)13(19)10-16-14(15)18(2)12-8-9-12;/h11-12H,3-10H2,1-2H3,(H2,15,16);1H. The SMILES string of the molecule is CN(C(=O)CN=C(N)N(C)C1CC1)C1CCCCC1.I. The zero-order valence-corrected chi connectivity index (χ0v) is 14.9. The van der Waals surface area contributed by atoms with Gasteiger partial charge in [-0.05, 0) is 25.7 Å². The van der Waals surface area contributed by atoms with Crippen molar-refractivity contribution in [2.75, 3.05) is 20.6 Å². The molecule has 2 fully saturated rings. The molecular weight excluding hydrogens is 367 g/mol. The summed E-state index contributed by atoms with van der Waals surface area (Å²) in [7, 11) is 3.85. The lowest BCUT2D eigenvalue weighted by Crippen LogP contribution is -2.41. The molecule has 5 nitrogen and oxygen atoms in total. The number of hydrogen-bond donors (Lipinski definition) is 1. The number of nitrogens with zero attached hydrogens (tertiary/aromatic N) is 3. The Kier molecular flexibility index (Phi) is 7.05. The van der Waals surface area contributed by atoms with Crippen LogP contribution in [0.3, 0.4) is 0 Å². The average molecular weight is 394 g/mol. The van der Waals surface area contributed by atoms with Crippen LogP contribution >= 0.6 is 24.0 Å². The summed E-state index contributed by atoms with van der Waals surface area (Å²) in [6, 6.07) is 0.939. The van der Waals surface area contributed by atoms with Gasteiger partial charge in [-0.25, -0.2) is 4.99 Å². The Morgan fingerprint density at radius 3 is 2.15 bits per heavy atom. The largest absolute Gasteiger partial charge is 0.370 e. The van der Waals surface area contributed by atoms with Gasteiger partial charge < -0.3 is 15.5 Å². The van der Waals surface area contributed by atoms with E-state index in [1.54, 1.807) is 0 Å². The topological polar surface area (TPSA) is 61.9 Å². The quantitative estimate of drug-likeness (QED) is 0.450. The number of carbonyl (C=O) groups excluding carboxylic acids is 1. The average Bonchev–Trinajstić information content (AvgIpc) is 3.28. The predicted octanol–water partition coefficient (Wildman–Crippen LogP) is 1.80. The zero-order valence-electron chi connectivity index (χ0n) is 12.5. The van der Waals surface area contributed by atoms with Crippen LogP contribution in [0.25, 0.3) is 0 Å². The van der Waals surface area contributed by atoms with Gasteiger partial charge in [0.15, 0.2) is 5.96 Å². The van der Waals surface area contributed by atoms with Crippen molar-refractivity contribution in [3.63, 3.8) is 0 Å². The van der Waals surface area contributed by atoms with E-state index in [1.807, 2.05) is 23.9 Å². The first kappa shape index (κ1) is 17.5. The van der Waals surface area contributed by atoms with Gasteiger partial charge in [-0.3, -0.25) is 4.79 Å². The van der Waals surface area contributed by atoms with E-state index in [2.05, 4.69) is 4.99 Å². The number of amides is 1. The van der Waals surface area contributed by atoms with Gasteiger partial charge in [0.1, 0.15) is 6.54 Å². The third-order valence-corrected chi connectivity index (χ3v) is 4.35. The highest BCUT2D eigenvalue weighted by atomic mass is 127. The van der Waals surface area contributed by atoms with E-state index in [-0.39, 0.29) is 36.4 Å². The maximum Gasteiger partial charge on any atom is 0.244 e. The zero-order chi connectivity index (χ0) is 13.8. The molecular formula is C14H27IN4O. The summed E-state index contributed by atoms with van der Waals surface area (Å²) in [6.45, 7) is 0.176. The molecule has 0 atom stereocenters. The van der Waals surface area contributed by atoms with E-state index in [4.69, 9.17) is 5.73 Å². The van der Waals surface area contributed by atoms with Crippen LogP contribution in [0.2, 0.25) is 0 Å². The second-order valence-electron chi connectivity index (χ2n) is 5.81.